The van der Waals surface area contributed by atoms with Gasteiger partial charge in [0.25, 0.3) is 5.91 Å². The van der Waals surface area contributed by atoms with Crippen molar-refractivity contribution >= 4 is 5.91 Å². The maximum atomic E-state index is 13.0. The average Bonchev–Trinajstić information content (AvgIpc) is 3.21. The van der Waals surface area contributed by atoms with Crippen LogP contribution in [-0.4, -0.2) is 35.3 Å². The molecule has 0 spiro atoms. The topological polar surface area (TPSA) is 43.7 Å². The molecule has 138 valence electrons. The molecule has 1 fully saturated rings. The van der Waals surface area contributed by atoms with Gasteiger partial charge in [0.1, 0.15) is 0 Å². The number of hydrogen-bond acceptors (Lipinski definition) is 3. The number of ether oxygens (including phenoxy) is 2. The number of aryl methyl sites for hydroxylation is 1. The zero-order valence-electron chi connectivity index (χ0n) is 15.7. The van der Waals surface area contributed by atoms with E-state index in [0.717, 1.165) is 55.1 Å². The number of rotatable bonds is 3. The molecule has 1 aromatic carbocycles. The summed E-state index contributed by atoms with van der Waals surface area (Å²) in [5.74, 6) is 1.80. The molecule has 2 aliphatic heterocycles. The van der Waals surface area contributed by atoms with E-state index in [9.17, 15) is 4.79 Å². The molecule has 2 aromatic rings. The van der Waals surface area contributed by atoms with Crippen LogP contribution in [0.3, 0.4) is 0 Å². The predicted octanol–water partition coefficient (Wildman–Crippen LogP) is 3.55. The number of fused-ring (bicyclic) bond motifs is 1. The van der Waals surface area contributed by atoms with E-state index in [1.807, 2.05) is 41.8 Å². The first-order valence-corrected chi connectivity index (χ1v) is 9.25. The van der Waals surface area contributed by atoms with Gasteiger partial charge in [-0.15, -0.1) is 0 Å². The van der Waals surface area contributed by atoms with Crippen LogP contribution in [0.4, 0.5) is 0 Å². The van der Waals surface area contributed by atoms with Gasteiger partial charge in [0, 0.05) is 32.0 Å². The third-order valence-corrected chi connectivity index (χ3v) is 5.75. The standard InChI is InChI=1S/C21H26N2O3/c1-15-17(7-10-22(15)3)20(24)23-9-4-8-21(2,13-23)12-16-5-6-18-19(11-16)26-14-25-18/h5-7,10-11H,4,8-9,12-14H2,1-3H3/t21-/m0/s1. The first-order chi connectivity index (χ1) is 12.5. The second-order valence-electron chi connectivity index (χ2n) is 7.93. The minimum atomic E-state index is 0.0737. The van der Waals surface area contributed by atoms with Gasteiger partial charge in [-0.1, -0.05) is 13.0 Å². The molecule has 0 N–H and O–H groups in total. The Bertz CT molecular complexity index is 842. The van der Waals surface area contributed by atoms with E-state index in [1.165, 1.54) is 5.56 Å². The predicted molar refractivity (Wildman–Crippen MR) is 99.7 cm³/mol. The molecule has 3 heterocycles. The summed E-state index contributed by atoms with van der Waals surface area (Å²) < 4.78 is 12.9. The molecule has 0 bridgehead atoms. The number of amides is 1. The number of likely N-dealkylation sites (tertiary alicyclic amines) is 1. The third-order valence-electron chi connectivity index (χ3n) is 5.75. The fourth-order valence-corrected chi connectivity index (χ4v) is 4.18. The van der Waals surface area contributed by atoms with E-state index in [-0.39, 0.29) is 11.3 Å². The summed E-state index contributed by atoms with van der Waals surface area (Å²) in [6.07, 6.45) is 5.05. The lowest BCUT2D eigenvalue weighted by Crippen LogP contribution is -2.45. The Hall–Kier alpha value is -2.43. The van der Waals surface area contributed by atoms with Gasteiger partial charge < -0.3 is 18.9 Å². The Labute approximate surface area is 154 Å². The maximum Gasteiger partial charge on any atom is 0.255 e. The summed E-state index contributed by atoms with van der Waals surface area (Å²) in [6.45, 7) is 6.21. The van der Waals surface area contributed by atoms with Crippen molar-refractivity contribution in [2.75, 3.05) is 19.9 Å². The first-order valence-electron chi connectivity index (χ1n) is 9.25. The zero-order valence-corrected chi connectivity index (χ0v) is 15.7. The van der Waals surface area contributed by atoms with Gasteiger partial charge in [0.2, 0.25) is 6.79 Å². The molecule has 1 amide bonds. The Morgan fingerprint density at radius 1 is 1.23 bits per heavy atom. The first kappa shape index (κ1) is 17.0. The molecule has 1 aromatic heterocycles. The van der Waals surface area contributed by atoms with Crippen LogP contribution in [0.2, 0.25) is 0 Å². The second-order valence-corrected chi connectivity index (χ2v) is 7.93. The molecule has 26 heavy (non-hydrogen) atoms. The number of piperidine rings is 1. The normalized spacial score (nSPS) is 21.9. The number of hydrogen-bond donors (Lipinski definition) is 0. The van der Waals surface area contributed by atoms with Crippen LogP contribution in [0, 0.1) is 12.3 Å². The third kappa shape index (κ3) is 3.06. The number of benzene rings is 1. The highest BCUT2D eigenvalue weighted by Crippen LogP contribution is 2.38. The van der Waals surface area contributed by atoms with Crippen LogP contribution < -0.4 is 9.47 Å². The van der Waals surface area contributed by atoms with Gasteiger partial charge in [-0.05, 0) is 55.4 Å². The molecule has 5 heteroatoms. The summed E-state index contributed by atoms with van der Waals surface area (Å²) in [4.78, 5) is 15.0. The van der Waals surface area contributed by atoms with E-state index >= 15 is 0 Å². The molecule has 0 radical (unpaired) electrons. The molecule has 0 unspecified atom stereocenters. The minimum Gasteiger partial charge on any atom is -0.454 e. The van der Waals surface area contributed by atoms with Gasteiger partial charge in [-0.25, -0.2) is 0 Å². The molecule has 0 aliphatic carbocycles. The lowest BCUT2D eigenvalue weighted by atomic mass is 9.76. The molecule has 1 atom stereocenters. The van der Waals surface area contributed by atoms with Crippen LogP contribution >= 0.6 is 0 Å². The van der Waals surface area contributed by atoms with Gasteiger partial charge in [-0.2, -0.15) is 0 Å². The summed E-state index contributed by atoms with van der Waals surface area (Å²) in [5.41, 5.74) is 3.16. The van der Waals surface area contributed by atoms with E-state index < -0.39 is 0 Å². The van der Waals surface area contributed by atoms with E-state index in [2.05, 4.69) is 19.1 Å². The van der Waals surface area contributed by atoms with Crippen LogP contribution in [0.5, 0.6) is 11.5 Å². The Morgan fingerprint density at radius 3 is 2.81 bits per heavy atom. The SMILES string of the molecule is Cc1c(C(=O)N2CCC[C@@](C)(Cc3ccc4c(c3)OCO4)C2)ccn1C. The number of aromatic nitrogens is 1. The largest absolute Gasteiger partial charge is 0.454 e. The van der Waals surface area contributed by atoms with Crippen molar-refractivity contribution in [2.24, 2.45) is 12.5 Å². The average molecular weight is 354 g/mol. The van der Waals surface area contributed by atoms with Crippen molar-refractivity contribution in [3.63, 3.8) is 0 Å². The van der Waals surface area contributed by atoms with Crippen molar-refractivity contribution in [2.45, 2.75) is 33.1 Å². The Morgan fingerprint density at radius 2 is 2.04 bits per heavy atom. The van der Waals surface area contributed by atoms with Crippen molar-refractivity contribution in [3.05, 3.63) is 47.3 Å². The lowest BCUT2D eigenvalue weighted by Gasteiger charge is -2.40. The number of nitrogens with zero attached hydrogens (tertiary/aromatic N) is 2. The van der Waals surface area contributed by atoms with E-state index in [0.29, 0.717) is 6.79 Å². The maximum absolute atomic E-state index is 13.0. The van der Waals surface area contributed by atoms with Crippen LogP contribution in [0.25, 0.3) is 0 Å². The van der Waals surface area contributed by atoms with Gasteiger partial charge >= 0.3 is 0 Å². The number of carbonyl (C=O) groups excluding carboxylic acids is 1. The zero-order chi connectivity index (χ0) is 18.3. The van der Waals surface area contributed by atoms with Crippen LogP contribution in [-0.2, 0) is 13.5 Å². The van der Waals surface area contributed by atoms with Gasteiger partial charge in [0.05, 0.1) is 5.56 Å². The highest BCUT2D eigenvalue weighted by Gasteiger charge is 2.34. The molecule has 2 aliphatic rings. The summed E-state index contributed by atoms with van der Waals surface area (Å²) in [5, 5.41) is 0. The smallest absolute Gasteiger partial charge is 0.255 e. The molecule has 1 saturated heterocycles. The fourth-order valence-electron chi connectivity index (χ4n) is 4.18. The van der Waals surface area contributed by atoms with Crippen molar-refractivity contribution < 1.29 is 14.3 Å². The summed E-state index contributed by atoms with van der Waals surface area (Å²) in [7, 11) is 1.98. The molecule has 5 nitrogen and oxygen atoms in total. The number of carbonyl (C=O) groups is 1. The van der Waals surface area contributed by atoms with Crippen molar-refractivity contribution in [1.82, 2.24) is 9.47 Å². The monoisotopic (exact) mass is 354 g/mol. The van der Waals surface area contributed by atoms with Crippen LogP contribution in [0.1, 0.15) is 41.4 Å². The summed E-state index contributed by atoms with van der Waals surface area (Å²) in [6, 6.07) is 8.11. The highest BCUT2D eigenvalue weighted by atomic mass is 16.7. The Kier molecular flexibility index (Phi) is 4.17. The van der Waals surface area contributed by atoms with Crippen LogP contribution in [0.15, 0.2) is 30.5 Å². The second kappa shape index (κ2) is 6.38. The van der Waals surface area contributed by atoms with Gasteiger partial charge in [0.15, 0.2) is 11.5 Å². The highest BCUT2D eigenvalue weighted by molar-refractivity contribution is 5.95. The van der Waals surface area contributed by atoms with Gasteiger partial charge in [-0.3, -0.25) is 4.79 Å². The van der Waals surface area contributed by atoms with Crippen molar-refractivity contribution in [1.29, 1.82) is 0 Å². The quantitative estimate of drug-likeness (QED) is 0.847. The van der Waals surface area contributed by atoms with Crippen molar-refractivity contribution in [3.8, 4) is 11.5 Å². The molecular weight excluding hydrogens is 328 g/mol. The lowest BCUT2D eigenvalue weighted by molar-refractivity contribution is 0.0550. The fraction of sp³-hybridized carbons (Fsp3) is 0.476. The van der Waals surface area contributed by atoms with E-state index in [1.54, 1.807) is 0 Å². The Balaban J connectivity index is 1.50. The van der Waals surface area contributed by atoms with E-state index in [4.69, 9.17) is 9.47 Å². The molecule has 4 rings (SSSR count). The minimum absolute atomic E-state index is 0.0737. The molecule has 0 saturated carbocycles. The summed E-state index contributed by atoms with van der Waals surface area (Å²) >= 11 is 0. The molecular formula is C21H26N2O3.